The first-order valence-corrected chi connectivity index (χ1v) is 6.55. The summed E-state index contributed by atoms with van der Waals surface area (Å²) in [6.07, 6.45) is -1.64. The van der Waals surface area contributed by atoms with Gasteiger partial charge in [-0.15, -0.1) is 0 Å². The zero-order valence-corrected chi connectivity index (χ0v) is 10.2. The van der Waals surface area contributed by atoms with Crippen molar-refractivity contribution in [2.75, 3.05) is 19.8 Å². The Bertz CT molecular complexity index is 303. The van der Waals surface area contributed by atoms with Crippen LogP contribution < -0.4 is 0 Å². The van der Waals surface area contributed by atoms with Gasteiger partial charge in [0, 0.05) is 12.6 Å². The summed E-state index contributed by atoms with van der Waals surface area (Å²) in [6.45, 7) is 0.668. The fourth-order valence-electron chi connectivity index (χ4n) is 1.43. The molecule has 3 atom stereocenters. The SMILES string of the molecule is CCC(CO)N(CCO)C(O)C(O)S(=O)(=O)[O-]. The number of nitrogens with zero attached hydrogens (tertiary/aromatic N) is 1. The lowest BCUT2D eigenvalue weighted by molar-refractivity contribution is -0.0888. The molecule has 0 aliphatic rings. The Morgan fingerprint density at radius 3 is 2.12 bits per heavy atom. The fourth-order valence-corrected chi connectivity index (χ4v) is 1.88. The molecule has 0 aromatic carbocycles. The highest BCUT2D eigenvalue weighted by Gasteiger charge is 2.31. The van der Waals surface area contributed by atoms with Crippen LogP contribution in [0, 0.1) is 0 Å². The van der Waals surface area contributed by atoms with Crippen molar-refractivity contribution < 1.29 is 33.4 Å². The molecule has 8 nitrogen and oxygen atoms in total. The van der Waals surface area contributed by atoms with Gasteiger partial charge in [-0.25, -0.2) is 8.42 Å². The molecule has 9 heteroatoms. The van der Waals surface area contributed by atoms with Crippen LogP contribution in [0.25, 0.3) is 0 Å². The zero-order chi connectivity index (χ0) is 13.6. The van der Waals surface area contributed by atoms with Gasteiger partial charge in [-0.1, -0.05) is 6.92 Å². The van der Waals surface area contributed by atoms with Gasteiger partial charge >= 0.3 is 0 Å². The molecule has 0 aromatic rings. The Balaban J connectivity index is 4.93. The van der Waals surface area contributed by atoms with Crippen LogP contribution in [0.4, 0.5) is 0 Å². The van der Waals surface area contributed by atoms with Crippen LogP contribution in [-0.2, 0) is 10.1 Å². The predicted octanol–water partition coefficient (Wildman–Crippen LogP) is -2.77. The highest BCUT2D eigenvalue weighted by Crippen LogP contribution is 2.12. The van der Waals surface area contributed by atoms with Crippen LogP contribution in [0.5, 0.6) is 0 Å². The number of aliphatic hydroxyl groups is 4. The first-order valence-electron chi connectivity index (χ1n) is 5.07. The van der Waals surface area contributed by atoms with Crippen molar-refractivity contribution in [3.8, 4) is 0 Å². The molecular weight excluding hydrogens is 254 g/mol. The summed E-state index contributed by atoms with van der Waals surface area (Å²) in [4.78, 5) is 0.972. The maximum absolute atomic E-state index is 10.6. The number of hydrogen-bond donors (Lipinski definition) is 4. The lowest BCUT2D eigenvalue weighted by Crippen LogP contribution is -2.53. The first-order chi connectivity index (χ1) is 7.79. The third kappa shape index (κ3) is 4.84. The van der Waals surface area contributed by atoms with Crippen molar-refractivity contribution in [1.29, 1.82) is 0 Å². The van der Waals surface area contributed by atoms with Gasteiger partial charge in [-0.2, -0.15) is 0 Å². The van der Waals surface area contributed by atoms with Crippen molar-refractivity contribution in [3.05, 3.63) is 0 Å². The van der Waals surface area contributed by atoms with E-state index in [1.165, 1.54) is 0 Å². The van der Waals surface area contributed by atoms with Crippen LogP contribution >= 0.6 is 0 Å². The summed E-state index contributed by atoms with van der Waals surface area (Å²) in [7, 11) is -5.06. The minimum atomic E-state index is -5.06. The lowest BCUT2D eigenvalue weighted by Gasteiger charge is -2.36. The Hall–Kier alpha value is -0.290. The van der Waals surface area contributed by atoms with E-state index in [0.29, 0.717) is 6.42 Å². The smallest absolute Gasteiger partial charge is 0.183 e. The molecule has 0 saturated carbocycles. The van der Waals surface area contributed by atoms with E-state index in [0.717, 1.165) is 4.90 Å². The molecule has 0 rings (SSSR count). The monoisotopic (exact) mass is 272 g/mol. The average molecular weight is 272 g/mol. The summed E-state index contributed by atoms with van der Waals surface area (Å²) in [5.74, 6) is 0. The first kappa shape index (κ1) is 16.7. The maximum atomic E-state index is 10.6. The molecule has 0 spiro atoms. The van der Waals surface area contributed by atoms with E-state index in [4.69, 9.17) is 15.3 Å². The lowest BCUT2D eigenvalue weighted by atomic mass is 10.2. The Labute approximate surface area is 99.9 Å². The second kappa shape index (κ2) is 7.21. The molecule has 0 aliphatic heterocycles. The summed E-state index contributed by atoms with van der Waals surface area (Å²) >= 11 is 0. The molecule has 3 unspecified atom stereocenters. The van der Waals surface area contributed by atoms with Crippen LogP contribution in [0.2, 0.25) is 0 Å². The predicted molar refractivity (Wildman–Crippen MR) is 56.7 cm³/mol. The second-order valence-electron chi connectivity index (χ2n) is 3.50. The van der Waals surface area contributed by atoms with Gasteiger partial charge in [0.2, 0.25) is 0 Å². The second-order valence-corrected chi connectivity index (χ2v) is 4.97. The largest absolute Gasteiger partial charge is 0.746 e. The topological polar surface area (TPSA) is 141 Å². The van der Waals surface area contributed by atoms with E-state index in [9.17, 15) is 18.1 Å². The van der Waals surface area contributed by atoms with Crippen LogP contribution in [-0.4, -0.2) is 75.8 Å². The molecule has 0 fully saturated rings. The molecule has 0 heterocycles. The van der Waals surface area contributed by atoms with Crippen molar-refractivity contribution in [1.82, 2.24) is 4.90 Å². The molecule has 4 N–H and O–H groups in total. The van der Waals surface area contributed by atoms with E-state index < -0.39 is 41.0 Å². The minimum Gasteiger partial charge on any atom is -0.746 e. The normalized spacial score (nSPS) is 18.1. The Morgan fingerprint density at radius 2 is 1.82 bits per heavy atom. The van der Waals surface area contributed by atoms with Crippen LogP contribution in [0.3, 0.4) is 0 Å². The maximum Gasteiger partial charge on any atom is 0.183 e. The standard InChI is InChI=1S/C8H19NO7S/c1-2-6(5-11)9(3-4-10)7(12)8(13)17(14,15)16/h6-8,10-13H,2-5H2,1H3,(H,14,15,16)/p-1. The fraction of sp³-hybridized carbons (Fsp3) is 1.00. The van der Waals surface area contributed by atoms with Crippen molar-refractivity contribution >= 4 is 10.1 Å². The molecule has 0 aromatic heterocycles. The Morgan fingerprint density at radius 1 is 1.29 bits per heavy atom. The van der Waals surface area contributed by atoms with E-state index in [1.54, 1.807) is 6.92 Å². The quantitative estimate of drug-likeness (QED) is 0.275. The van der Waals surface area contributed by atoms with Gasteiger partial charge in [-0.05, 0) is 6.42 Å². The zero-order valence-electron chi connectivity index (χ0n) is 9.43. The van der Waals surface area contributed by atoms with Gasteiger partial charge in [0.25, 0.3) is 0 Å². The molecule has 104 valence electrons. The van der Waals surface area contributed by atoms with Gasteiger partial charge in [0.05, 0.1) is 13.2 Å². The van der Waals surface area contributed by atoms with Gasteiger partial charge in [0.15, 0.2) is 5.44 Å². The van der Waals surface area contributed by atoms with E-state index in [-0.39, 0.29) is 6.54 Å². The number of hydrogen-bond acceptors (Lipinski definition) is 8. The third-order valence-corrected chi connectivity index (χ3v) is 3.23. The van der Waals surface area contributed by atoms with E-state index in [1.807, 2.05) is 0 Å². The Kier molecular flexibility index (Phi) is 7.09. The van der Waals surface area contributed by atoms with Crippen LogP contribution in [0.1, 0.15) is 13.3 Å². The van der Waals surface area contributed by atoms with Crippen molar-refractivity contribution in [2.24, 2.45) is 0 Å². The third-order valence-electron chi connectivity index (χ3n) is 2.40. The van der Waals surface area contributed by atoms with Gasteiger partial charge in [-0.3, -0.25) is 4.90 Å². The van der Waals surface area contributed by atoms with Crippen LogP contribution in [0.15, 0.2) is 0 Å². The van der Waals surface area contributed by atoms with Crippen molar-refractivity contribution in [2.45, 2.75) is 31.1 Å². The van der Waals surface area contributed by atoms with E-state index >= 15 is 0 Å². The van der Waals surface area contributed by atoms with Gasteiger partial charge in [0.1, 0.15) is 16.3 Å². The van der Waals surface area contributed by atoms with E-state index in [2.05, 4.69) is 0 Å². The molecule has 17 heavy (non-hydrogen) atoms. The molecular formula is C8H18NO7S-. The highest BCUT2D eigenvalue weighted by molar-refractivity contribution is 7.86. The molecule has 0 radical (unpaired) electrons. The van der Waals surface area contributed by atoms with Gasteiger partial charge < -0.3 is 25.0 Å². The summed E-state index contributed by atoms with van der Waals surface area (Å²) in [5, 5.41) is 36.5. The molecule has 0 saturated heterocycles. The molecule has 0 aliphatic carbocycles. The highest BCUT2D eigenvalue weighted by atomic mass is 32.2. The number of aliphatic hydroxyl groups excluding tert-OH is 4. The minimum absolute atomic E-state index is 0.174. The molecule has 0 bridgehead atoms. The van der Waals surface area contributed by atoms with Crippen molar-refractivity contribution in [3.63, 3.8) is 0 Å². The average Bonchev–Trinajstić information content (AvgIpc) is 2.26. The summed E-state index contributed by atoms with van der Waals surface area (Å²) < 4.78 is 31.7. The summed E-state index contributed by atoms with van der Waals surface area (Å²) in [6, 6.07) is -0.659. The molecule has 0 amide bonds. The summed E-state index contributed by atoms with van der Waals surface area (Å²) in [5.41, 5.74) is -2.52. The number of rotatable bonds is 8.